The number of thioether (sulfide) groups is 1. The van der Waals surface area contributed by atoms with Crippen molar-refractivity contribution in [2.45, 2.75) is 30.7 Å². The minimum atomic E-state index is -0.233. The summed E-state index contributed by atoms with van der Waals surface area (Å²) in [6.07, 6.45) is 4.29. The lowest BCUT2D eigenvalue weighted by atomic mass is 10.1. The fraction of sp³-hybridized carbons (Fsp3) is 0.211. The number of aryl methyl sites for hydroxylation is 2. The van der Waals surface area contributed by atoms with Crippen LogP contribution in [-0.4, -0.2) is 20.4 Å². The molecule has 0 spiro atoms. The van der Waals surface area contributed by atoms with Crippen molar-refractivity contribution >= 4 is 23.9 Å². The SMILES string of the molecule is Cc1ccc(CC(C#N)Sc2n[nH]c(C=Cc3ccc(C)o3)n2)cc1. The van der Waals surface area contributed by atoms with Crippen LogP contribution in [0.1, 0.15) is 28.5 Å². The minimum Gasteiger partial charge on any atom is -0.462 e. The van der Waals surface area contributed by atoms with Gasteiger partial charge in [0.15, 0.2) is 0 Å². The standard InChI is InChI=1S/C19H18N4OS/c1-13-3-6-15(7-4-13)11-17(12-20)25-19-21-18(22-23-19)10-9-16-8-5-14(2)24-16/h3-10,17H,11H2,1-2H3,(H,21,22,23). The fourth-order valence-electron chi connectivity index (χ4n) is 2.27. The van der Waals surface area contributed by atoms with Crippen LogP contribution < -0.4 is 0 Å². The van der Waals surface area contributed by atoms with E-state index in [1.807, 2.05) is 32.1 Å². The van der Waals surface area contributed by atoms with Crippen LogP contribution in [0.3, 0.4) is 0 Å². The summed E-state index contributed by atoms with van der Waals surface area (Å²) < 4.78 is 5.47. The maximum absolute atomic E-state index is 9.40. The molecule has 25 heavy (non-hydrogen) atoms. The maximum atomic E-state index is 9.40. The molecule has 0 saturated carbocycles. The van der Waals surface area contributed by atoms with Gasteiger partial charge in [0.25, 0.3) is 0 Å². The zero-order valence-electron chi connectivity index (χ0n) is 14.1. The molecule has 3 rings (SSSR count). The molecule has 2 aromatic heterocycles. The van der Waals surface area contributed by atoms with Crippen molar-refractivity contribution in [3.63, 3.8) is 0 Å². The number of H-pyrrole nitrogens is 1. The highest BCUT2D eigenvalue weighted by molar-refractivity contribution is 8.00. The zero-order chi connectivity index (χ0) is 17.6. The molecule has 2 heterocycles. The number of aromatic nitrogens is 3. The van der Waals surface area contributed by atoms with E-state index in [9.17, 15) is 5.26 Å². The van der Waals surface area contributed by atoms with Crippen LogP contribution in [0.2, 0.25) is 0 Å². The first-order valence-electron chi connectivity index (χ1n) is 7.91. The van der Waals surface area contributed by atoms with Gasteiger partial charge in [0.2, 0.25) is 5.16 Å². The molecule has 6 heteroatoms. The Labute approximate surface area is 150 Å². The number of hydrogen-bond acceptors (Lipinski definition) is 5. The van der Waals surface area contributed by atoms with Gasteiger partial charge in [0.1, 0.15) is 22.6 Å². The van der Waals surface area contributed by atoms with E-state index in [4.69, 9.17) is 4.42 Å². The van der Waals surface area contributed by atoms with E-state index in [2.05, 4.69) is 45.5 Å². The van der Waals surface area contributed by atoms with Crippen LogP contribution in [-0.2, 0) is 6.42 Å². The predicted molar refractivity (Wildman–Crippen MR) is 98.9 cm³/mol. The molecule has 0 fully saturated rings. The first-order chi connectivity index (χ1) is 12.1. The maximum Gasteiger partial charge on any atom is 0.210 e. The number of hydrogen-bond donors (Lipinski definition) is 1. The molecule has 0 amide bonds. The lowest BCUT2D eigenvalue weighted by Gasteiger charge is -2.06. The van der Waals surface area contributed by atoms with E-state index in [0.717, 1.165) is 17.1 Å². The highest BCUT2D eigenvalue weighted by Crippen LogP contribution is 2.23. The van der Waals surface area contributed by atoms with Crippen molar-refractivity contribution in [1.82, 2.24) is 15.2 Å². The van der Waals surface area contributed by atoms with Crippen LogP contribution in [0.5, 0.6) is 0 Å². The summed E-state index contributed by atoms with van der Waals surface area (Å²) in [5.74, 6) is 2.25. The molecule has 0 saturated heterocycles. The Kier molecular flexibility index (Phi) is 5.36. The van der Waals surface area contributed by atoms with Crippen LogP contribution in [0.4, 0.5) is 0 Å². The van der Waals surface area contributed by atoms with Crippen LogP contribution in [0, 0.1) is 25.2 Å². The summed E-state index contributed by atoms with van der Waals surface area (Å²) >= 11 is 1.36. The van der Waals surface area contributed by atoms with Crippen molar-refractivity contribution in [2.24, 2.45) is 0 Å². The number of nitriles is 1. The Morgan fingerprint density at radius 2 is 2.00 bits per heavy atom. The third-order valence-corrected chi connectivity index (χ3v) is 4.53. The highest BCUT2D eigenvalue weighted by atomic mass is 32.2. The topological polar surface area (TPSA) is 78.5 Å². The average molecular weight is 350 g/mol. The normalized spacial score (nSPS) is 12.4. The molecule has 126 valence electrons. The van der Waals surface area contributed by atoms with Gasteiger partial charge in [-0.3, -0.25) is 5.10 Å². The van der Waals surface area contributed by atoms with Gasteiger partial charge in [-0.1, -0.05) is 41.6 Å². The second-order valence-electron chi connectivity index (χ2n) is 5.71. The molecule has 0 bridgehead atoms. The molecule has 0 radical (unpaired) electrons. The summed E-state index contributed by atoms with van der Waals surface area (Å²) in [7, 11) is 0. The molecular formula is C19H18N4OS. The van der Waals surface area contributed by atoms with Crippen LogP contribution in [0.25, 0.3) is 12.2 Å². The van der Waals surface area contributed by atoms with Gasteiger partial charge < -0.3 is 4.42 Å². The predicted octanol–water partition coefficient (Wildman–Crippen LogP) is 4.41. The smallest absolute Gasteiger partial charge is 0.210 e. The number of nitrogens with zero attached hydrogens (tertiary/aromatic N) is 3. The van der Waals surface area contributed by atoms with E-state index >= 15 is 0 Å². The van der Waals surface area contributed by atoms with Crippen molar-refractivity contribution in [2.75, 3.05) is 0 Å². The zero-order valence-corrected chi connectivity index (χ0v) is 14.9. The quantitative estimate of drug-likeness (QED) is 0.666. The lowest BCUT2D eigenvalue weighted by Crippen LogP contribution is -2.04. The Morgan fingerprint density at radius 1 is 1.20 bits per heavy atom. The summed E-state index contributed by atoms with van der Waals surface area (Å²) in [6, 6.07) is 14.3. The largest absolute Gasteiger partial charge is 0.462 e. The van der Waals surface area contributed by atoms with E-state index in [1.165, 1.54) is 17.3 Å². The molecule has 5 nitrogen and oxygen atoms in total. The van der Waals surface area contributed by atoms with Gasteiger partial charge in [-0.25, -0.2) is 4.98 Å². The van der Waals surface area contributed by atoms with Crippen LogP contribution >= 0.6 is 11.8 Å². The Hall–Kier alpha value is -2.78. The molecule has 0 aliphatic carbocycles. The molecule has 1 N–H and O–H groups in total. The molecule has 0 aliphatic heterocycles. The Morgan fingerprint density at radius 3 is 2.68 bits per heavy atom. The fourth-order valence-corrected chi connectivity index (χ4v) is 3.10. The summed E-state index contributed by atoms with van der Waals surface area (Å²) in [5.41, 5.74) is 2.34. The number of nitrogens with one attached hydrogen (secondary N) is 1. The molecule has 1 unspecified atom stereocenters. The van der Waals surface area contributed by atoms with Crippen LogP contribution in [0.15, 0.2) is 46.0 Å². The Bertz CT molecular complexity index is 902. The third-order valence-electron chi connectivity index (χ3n) is 3.58. The van der Waals surface area contributed by atoms with Crippen molar-refractivity contribution < 1.29 is 4.42 Å². The monoisotopic (exact) mass is 350 g/mol. The minimum absolute atomic E-state index is 0.233. The number of aromatic amines is 1. The van der Waals surface area contributed by atoms with Gasteiger partial charge in [0.05, 0.1) is 6.07 Å². The summed E-state index contributed by atoms with van der Waals surface area (Å²) in [6.45, 7) is 3.95. The molecular weight excluding hydrogens is 332 g/mol. The second kappa shape index (κ2) is 7.86. The number of benzene rings is 1. The summed E-state index contributed by atoms with van der Waals surface area (Å²) in [4.78, 5) is 4.39. The molecule has 1 aromatic carbocycles. The van der Waals surface area contributed by atoms with E-state index in [-0.39, 0.29) is 5.25 Å². The molecule has 0 aliphatic rings. The van der Waals surface area contributed by atoms with Crippen molar-refractivity contribution in [1.29, 1.82) is 5.26 Å². The van der Waals surface area contributed by atoms with E-state index in [1.54, 1.807) is 6.08 Å². The summed E-state index contributed by atoms with van der Waals surface area (Å²) in [5, 5.41) is 16.8. The first kappa shape index (κ1) is 17.1. The van der Waals surface area contributed by atoms with Gasteiger partial charge in [-0.05, 0) is 50.1 Å². The van der Waals surface area contributed by atoms with Gasteiger partial charge >= 0.3 is 0 Å². The second-order valence-corrected chi connectivity index (χ2v) is 6.88. The van der Waals surface area contributed by atoms with Crippen molar-refractivity contribution in [3.8, 4) is 6.07 Å². The van der Waals surface area contributed by atoms with E-state index < -0.39 is 0 Å². The van der Waals surface area contributed by atoms with E-state index in [0.29, 0.717) is 17.4 Å². The third kappa shape index (κ3) is 4.85. The number of furan rings is 1. The van der Waals surface area contributed by atoms with Gasteiger partial charge in [-0.15, -0.1) is 5.10 Å². The van der Waals surface area contributed by atoms with Crippen molar-refractivity contribution in [3.05, 3.63) is 64.9 Å². The highest BCUT2D eigenvalue weighted by Gasteiger charge is 2.14. The molecule has 1 atom stereocenters. The van der Waals surface area contributed by atoms with Gasteiger partial charge in [0, 0.05) is 0 Å². The number of rotatable bonds is 6. The lowest BCUT2D eigenvalue weighted by molar-refractivity contribution is 0.525. The molecule has 3 aromatic rings. The first-order valence-corrected chi connectivity index (χ1v) is 8.79. The van der Waals surface area contributed by atoms with Gasteiger partial charge in [-0.2, -0.15) is 5.26 Å². The Balaban J connectivity index is 1.62. The average Bonchev–Trinajstić information content (AvgIpc) is 3.23.